The first-order chi connectivity index (χ1) is 13.0. The molecular weight excluding hydrogens is 380 g/mol. The molecule has 2 rings (SSSR count). The van der Waals surface area contributed by atoms with Crippen LogP contribution in [0, 0.1) is 20.8 Å². The van der Waals surface area contributed by atoms with E-state index < -0.39 is 28.5 Å². The van der Waals surface area contributed by atoms with E-state index in [0.717, 1.165) is 15.4 Å². The highest BCUT2D eigenvalue weighted by Crippen LogP contribution is 2.19. The van der Waals surface area contributed by atoms with E-state index in [2.05, 4.69) is 5.32 Å². The highest BCUT2D eigenvalue weighted by molar-refractivity contribution is 7.89. The van der Waals surface area contributed by atoms with E-state index in [0.29, 0.717) is 11.3 Å². The van der Waals surface area contributed by atoms with Gasteiger partial charge in [0.1, 0.15) is 0 Å². The number of hydrogen-bond donors (Lipinski definition) is 1. The summed E-state index contributed by atoms with van der Waals surface area (Å²) in [5.74, 6) is -1.24. The Kier molecular flexibility index (Phi) is 6.58. The number of anilines is 1. The Morgan fingerprint density at radius 3 is 2.29 bits per heavy atom. The van der Waals surface area contributed by atoms with Crippen LogP contribution in [0.25, 0.3) is 0 Å². The molecule has 0 aliphatic heterocycles. The monoisotopic (exact) mass is 404 g/mol. The van der Waals surface area contributed by atoms with Gasteiger partial charge in [0.25, 0.3) is 5.91 Å². The summed E-state index contributed by atoms with van der Waals surface area (Å²) >= 11 is 0. The first-order valence-electron chi connectivity index (χ1n) is 8.60. The second kappa shape index (κ2) is 8.53. The molecule has 2 aromatic carbocycles. The molecule has 28 heavy (non-hydrogen) atoms. The molecule has 0 radical (unpaired) electrons. The van der Waals surface area contributed by atoms with E-state index >= 15 is 0 Å². The van der Waals surface area contributed by atoms with Crippen LogP contribution in [0.4, 0.5) is 5.69 Å². The molecular formula is C20H24N2O5S. The molecule has 1 N–H and O–H groups in total. The number of amides is 1. The van der Waals surface area contributed by atoms with Gasteiger partial charge in [-0.25, -0.2) is 17.5 Å². The summed E-state index contributed by atoms with van der Waals surface area (Å²) in [6.07, 6.45) is 0. The lowest BCUT2D eigenvalue weighted by Gasteiger charge is -2.14. The minimum absolute atomic E-state index is 0.0187. The van der Waals surface area contributed by atoms with Crippen molar-refractivity contribution in [1.29, 1.82) is 0 Å². The SMILES string of the molecule is Cc1ccc(NC(=O)COC(=O)c2cc(S(=O)(=O)N(C)C)ccc2C)c(C)c1. The Morgan fingerprint density at radius 2 is 1.68 bits per heavy atom. The molecule has 0 spiro atoms. The minimum atomic E-state index is -3.68. The predicted molar refractivity (Wildman–Crippen MR) is 107 cm³/mol. The number of esters is 1. The molecule has 0 aromatic heterocycles. The van der Waals surface area contributed by atoms with Gasteiger partial charge in [0, 0.05) is 19.8 Å². The van der Waals surface area contributed by atoms with Crippen LogP contribution >= 0.6 is 0 Å². The third-order valence-electron chi connectivity index (χ3n) is 4.20. The molecule has 8 heteroatoms. The molecule has 0 bridgehead atoms. The summed E-state index contributed by atoms with van der Waals surface area (Å²) in [6, 6.07) is 9.80. The zero-order valence-electron chi connectivity index (χ0n) is 16.6. The van der Waals surface area contributed by atoms with E-state index in [1.807, 2.05) is 26.0 Å². The first kappa shape index (κ1) is 21.6. The van der Waals surface area contributed by atoms with Gasteiger partial charge in [-0.2, -0.15) is 0 Å². The van der Waals surface area contributed by atoms with Crippen LogP contribution in [0.3, 0.4) is 0 Å². The lowest BCUT2D eigenvalue weighted by atomic mass is 10.1. The normalized spacial score (nSPS) is 11.4. The van der Waals surface area contributed by atoms with Crippen molar-refractivity contribution in [3.8, 4) is 0 Å². The van der Waals surface area contributed by atoms with Crippen LogP contribution < -0.4 is 5.32 Å². The lowest BCUT2D eigenvalue weighted by Crippen LogP contribution is -2.23. The number of aryl methyl sites for hydroxylation is 3. The fraction of sp³-hybridized carbons (Fsp3) is 0.300. The van der Waals surface area contributed by atoms with Gasteiger partial charge in [0.15, 0.2) is 6.61 Å². The summed E-state index contributed by atoms with van der Waals surface area (Å²) in [6.45, 7) is 5.01. The summed E-state index contributed by atoms with van der Waals surface area (Å²) < 4.78 is 30.6. The Bertz CT molecular complexity index is 1010. The maximum absolute atomic E-state index is 12.4. The molecule has 0 atom stereocenters. The zero-order valence-corrected chi connectivity index (χ0v) is 17.4. The molecule has 1 amide bonds. The van der Waals surface area contributed by atoms with Gasteiger partial charge >= 0.3 is 5.97 Å². The predicted octanol–water partition coefficient (Wildman–Crippen LogP) is 2.66. The molecule has 0 saturated carbocycles. The fourth-order valence-corrected chi connectivity index (χ4v) is 3.47. The van der Waals surface area contributed by atoms with Crippen LogP contribution in [-0.2, 0) is 19.6 Å². The van der Waals surface area contributed by atoms with Crippen LogP contribution in [0.5, 0.6) is 0 Å². The Labute approximate surface area is 165 Å². The fourth-order valence-electron chi connectivity index (χ4n) is 2.54. The molecule has 0 unspecified atom stereocenters. The number of sulfonamides is 1. The molecule has 0 aliphatic rings. The van der Waals surface area contributed by atoms with Crippen molar-refractivity contribution in [3.05, 3.63) is 58.7 Å². The summed E-state index contributed by atoms with van der Waals surface area (Å²) in [5, 5.41) is 2.69. The zero-order chi connectivity index (χ0) is 21.1. The first-order valence-corrected chi connectivity index (χ1v) is 10.0. The highest BCUT2D eigenvalue weighted by atomic mass is 32.2. The molecule has 0 heterocycles. The van der Waals surface area contributed by atoms with E-state index in [4.69, 9.17) is 4.74 Å². The van der Waals surface area contributed by atoms with Crippen molar-refractivity contribution in [2.24, 2.45) is 0 Å². The topological polar surface area (TPSA) is 92.8 Å². The number of benzene rings is 2. The maximum atomic E-state index is 12.4. The van der Waals surface area contributed by atoms with E-state index in [9.17, 15) is 18.0 Å². The summed E-state index contributed by atoms with van der Waals surface area (Å²) in [4.78, 5) is 24.4. The van der Waals surface area contributed by atoms with E-state index in [-0.39, 0.29) is 10.5 Å². The largest absolute Gasteiger partial charge is 0.452 e. The van der Waals surface area contributed by atoms with Gasteiger partial charge in [0.2, 0.25) is 10.0 Å². The summed E-state index contributed by atoms with van der Waals surface area (Å²) in [5.41, 5.74) is 3.27. The third kappa shape index (κ3) is 4.96. The number of carbonyl (C=O) groups excluding carboxylic acids is 2. The standard InChI is InChI=1S/C20H24N2O5S/c1-13-6-9-18(15(3)10-13)21-19(23)12-27-20(24)17-11-16(8-7-14(17)2)28(25,26)22(4)5/h6-11H,12H2,1-5H3,(H,21,23). The van der Waals surface area contributed by atoms with Gasteiger partial charge in [-0.3, -0.25) is 4.79 Å². The molecule has 0 aliphatic carbocycles. The minimum Gasteiger partial charge on any atom is -0.452 e. The van der Waals surface area contributed by atoms with Crippen molar-refractivity contribution in [2.75, 3.05) is 26.0 Å². The van der Waals surface area contributed by atoms with Gasteiger partial charge in [-0.15, -0.1) is 0 Å². The molecule has 0 saturated heterocycles. The van der Waals surface area contributed by atoms with Crippen LogP contribution in [0.15, 0.2) is 41.3 Å². The lowest BCUT2D eigenvalue weighted by molar-refractivity contribution is -0.119. The Balaban J connectivity index is 2.09. The van der Waals surface area contributed by atoms with Crippen molar-refractivity contribution in [2.45, 2.75) is 25.7 Å². The van der Waals surface area contributed by atoms with Gasteiger partial charge in [-0.05, 0) is 50.1 Å². The average Bonchev–Trinajstić information content (AvgIpc) is 2.62. The highest BCUT2D eigenvalue weighted by Gasteiger charge is 2.21. The number of nitrogens with one attached hydrogen (secondary N) is 1. The molecule has 150 valence electrons. The average molecular weight is 404 g/mol. The number of nitrogens with zero attached hydrogens (tertiary/aromatic N) is 1. The van der Waals surface area contributed by atoms with Crippen LogP contribution in [0.2, 0.25) is 0 Å². The van der Waals surface area contributed by atoms with Crippen LogP contribution in [0.1, 0.15) is 27.0 Å². The van der Waals surface area contributed by atoms with Crippen LogP contribution in [-0.4, -0.2) is 45.3 Å². The van der Waals surface area contributed by atoms with Crippen molar-refractivity contribution in [1.82, 2.24) is 4.31 Å². The van der Waals surface area contributed by atoms with Gasteiger partial charge < -0.3 is 10.1 Å². The van der Waals surface area contributed by atoms with Crippen molar-refractivity contribution >= 4 is 27.6 Å². The Hall–Kier alpha value is -2.71. The summed E-state index contributed by atoms with van der Waals surface area (Å²) in [7, 11) is -0.869. The van der Waals surface area contributed by atoms with Crippen molar-refractivity contribution < 1.29 is 22.7 Å². The Morgan fingerprint density at radius 1 is 1.00 bits per heavy atom. The van der Waals surface area contributed by atoms with E-state index in [1.54, 1.807) is 13.0 Å². The molecule has 2 aromatic rings. The maximum Gasteiger partial charge on any atom is 0.338 e. The number of carbonyl (C=O) groups is 2. The van der Waals surface area contributed by atoms with Gasteiger partial charge in [-0.1, -0.05) is 23.8 Å². The number of ether oxygens (including phenoxy) is 1. The second-order valence-corrected chi connectivity index (χ2v) is 8.86. The van der Waals surface area contributed by atoms with Gasteiger partial charge in [0.05, 0.1) is 10.5 Å². The molecule has 0 fully saturated rings. The number of rotatable bonds is 6. The smallest absolute Gasteiger partial charge is 0.338 e. The number of hydrogen-bond acceptors (Lipinski definition) is 5. The second-order valence-electron chi connectivity index (χ2n) is 6.71. The van der Waals surface area contributed by atoms with E-state index in [1.165, 1.54) is 32.3 Å². The third-order valence-corrected chi connectivity index (χ3v) is 6.01. The quantitative estimate of drug-likeness (QED) is 0.747. The van der Waals surface area contributed by atoms with Crippen molar-refractivity contribution in [3.63, 3.8) is 0 Å². The molecule has 7 nitrogen and oxygen atoms in total.